The molecule has 1 aromatic heterocycles. The first kappa shape index (κ1) is 28.8. The predicted octanol–water partition coefficient (Wildman–Crippen LogP) is 13.4. The number of thiophene rings is 1. The van der Waals surface area contributed by atoms with E-state index in [1.165, 1.54) is 70.4 Å². The van der Waals surface area contributed by atoms with Crippen LogP contribution in [0, 0.1) is 0 Å². The molecule has 0 unspecified atom stereocenters. The second-order valence-corrected chi connectivity index (χ2v) is 14.4. The normalized spacial score (nSPS) is 14.5. The smallest absolute Gasteiger partial charge is 0.0465 e. The van der Waals surface area contributed by atoms with Crippen LogP contribution in [-0.2, 0) is 5.41 Å². The molecule has 230 valence electrons. The standard InChI is InChI=1S/C46H35NS/c1-46(2)41-29-28-39-38-16-10-11-17-43(38)48-45(39)44(41)40-27-26-37(30-42(40)46)47(36-24-20-34(21-25-36)32-14-8-5-9-15-32)35-22-18-33(19-23-35)31-12-6-3-4-7-13-31/h3,5-30H,4H2,1-2H3. The Kier molecular flexibility index (Phi) is 6.81. The van der Waals surface area contributed by atoms with Crippen LogP contribution in [-0.4, -0.2) is 0 Å². The summed E-state index contributed by atoms with van der Waals surface area (Å²) in [7, 11) is 0. The zero-order valence-corrected chi connectivity index (χ0v) is 28.0. The van der Waals surface area contributed by atoms with Gasteiger partial charge in [0, 0.05) is 48.2 Å². The van der Waals surface area contributed by atoms with E-state index in [0.29, 0.717) is 0 Å². The van der Waals surface area contributed by atoms with Crippen LogP contribution in [0.2, 0.25) is 0 Å². The highest BCUT2D eigenvalue weighted by molar-refractivity contribution is 7.26. The van der Waals surface area contributed by atoms with E-state index in [-0.39, 0.29) is 5.41 Å². The molecule has 2 aliphatic carbocycles. The lowest BCUT2D eigenvalue weighted by molar-refractivity contribution is 0.661. The highest BCUT2D eigenvalue weighted by Gasteiger charge is 2.37. The summed E-state index contributed by atoms with van der Waals surface area (Å²) in [5.41, 5.74) is 13.8. The van der Waals surface area contributed by atoms with Crippen LogP contribution in [0.5, 0.6) is 0 Å². The van der Waals surface area contributed by atoms with E-state index in [1.807, 2.05) is 11.3 Å². The Balaban J connectivity index is 1.18. The summed E-state index contributed by atoms with van der Waals surface area (Å²) in [5.74, 6) is 0. The van der Waals surface area contributed by atoms with Crippen molar-refractivity contribution in [3.05, 3.63) is 181 Å². The van der Waals surface area contributed by atoms with Crippen molar-refractivity contribution >= 4 is 54.1 Å². The topological polar surface area (TPSA) is 3.24 Å². The number of hydrogen-bond donors (Lipinski definition) is 0. The third kappa shape index (κ3) is 4.67. The first-order valence-electron chi connectivity index (χ1n) is 16.8. The van der Waals surface area contributed by atoms with E-state index >= 15 is 0 Å². The van der Waals surface area contributed by atoms with E-state index in [2.05, 4.69) is 183 Å². The molecule has 0 radical (unpaired) electrons. The summed E-state index contributed by atoms with van der Waals surface area (Å²) in [4.78, 5) is 2.41. The quantitative estimate of drug-likeness (QED) is 0.182. The van der Waals surface area contributed by atoms with Crippen LogP contribution in [0.25, 0.3) is 48.0 Å². The van der Waals surface area contributed by atoms with Gasteiger partial charge >= 0.3 is 0 Å². The molecule has 2 aliphatic rings. The summed E-state index contributed by atoms with van der Waals surface area (Å²) in [5, 5.41) is 2.71. The minimum absolute atomic E-state index is 0.121. The van der Waals surface area contributed by atoms with Crippen molar-refractivity contribution in [2.45, 2.75) is 25.7 Å². The second kappa shape index (κ2) is 11.4. The molecule has 0 saturated heterocycles. The van der Waals surface area contributed by atoms with Crippen molar-refractivity contribution in [2.75, 3.05) is 4.90 Å². The van der Waals surface area contributed by atoms with Crippen molar-refractivity contribution in [3.63, 3.8) is 0 Å². The van der Waals surface area contributed by atoms with E-state index < -0.39 is 0 Å². The Bertz CT molecular complexity index is 2420. The predicted molar refractivity (Wildman–Crippen MR) is 208 cm³/mol. The Morgan fingerprint density at radius 3 is 2.06 bits per heavy atom. The Morgan fingerprint density at radius 1 is 0.583 bits per heavy atom. The lowest BCUT2D eigenvalue weighted by atomic mass is 9.82. The summed E-state index contributed by atoms with van der Waals surface area (Å²) in [6.45, 7) is 4.77. The molecule has 0 N–H and O–H groups in total. The van der Waals surface area contributed by atoms with Gasteiger partial charge in [0.05, 0.1) is 0 Å². The van der Waals surface area contributed by atoms with E-state index in [0.717, 1.165) is 17.8 Å². The SMILES string of the molecule is CC1(C)c2cc(N(c3ccc(C4=CC=CCC=C4)cc3)c3ccc(-c4ccccc4)cc3)ccc2-c2c1ccc1c2sc2ccccc21. The van der Waals surface area contributed by atoms with Crippen molar-refractivity contribution in [3.8, 4) is 22.3 Å². The monoisotopic (exact) mass is 633 g/mol. The number of allylic oxidation sites excluding steroid dienone is 6. The van der Waals surface area contributed by atoms with Crippen LogP contribution < -0.4 is 4.90 Å². The maximum absolute atomic E-state index is 2.44. The van der Waals surface area contributed by atoms with E-state index in [4.69, 9.17) is 0 Å². The molecule has 0 amide bonds. The van der Waals surface area contributed by atoms with E-state index in [9.17, 15) is 0 Å². The number of hydrogen-bond acceptors (Lipinski definition) is 2. The summed E-state index contributed by atoms with van der Waals surface area (Å²) < 4.78 is 2.75. The van der Waals surface area contributed by atoms with Gasteiger partial charge in [0.15, 0.2) is 0 Å². The largest absolute Gasteiger partial charge is 0.310 e. The molecule has 1 nitrogen and oxygen atoms in total. The molecule has 6 aromatic carbocycles. The van der Waals surface area contributed by atoms with Crippen LogP contribution >= 0.6 is 11.3 Å². The van der Waals surface area contributed by atoms with Gasteiger partial charge in [-0.15, -0.1) is 11.3 Å². The summed E-state index contributed by atoms with van der Waals surface area (Å²) in [6.07, 6.45) is 12.0. The minimum Gasteiger partial charge on any atom is -0.310 e. The van der Waals surface area contributed by atoms with Gasteiger partial charge in [-0.2, -0.15) is 0 Å². The number of rotatable bonds is 5. The molecule has 0 bridgehead atoms. The fraction of sp³-hybridized carbons (Fsp3) is 0.0870. The number of nitrogens with zero attached hydrogens (tertiary/aromatic N) is 1. The molecule has 0 fully saturated rings. The van der Waals surface area contributed by atoms with Gasteiger partial charge in [-0.05, 0) is 87.8 Å². The van der Waals surface area contributed by atoms with Gasteiger partial charge in [0.2, 0.25) is 0 Å². The highest BCUT2D eigenvalue weighted by atomic mass is 32.1. The lowest BCUT2D eigenvalue weighted by Crippen LogP contribution is -2.16. The number of benzene rings is 6. The molecular weight excluding hydrogens is 599 g/mol. The highest BCUT2D eigenvalue weighted by Crippen LogP contribution is 2.55. The fourth-order valence-corrected chi connectivity index (χ4v) is 8.85. The van der Waals surface area contributed by atoms with Crippen LogP contribution in [0.15, 0.2) is 164 Å². The van der Waals surface area contributed by atoms with Crippen molar-refractivity contribution in [2.24, 2.45) is 0 Å². The molecule has 0 atom stereocenters. The summed E-state index contributed by atoms with van der Waals surface area (Å²) in [6, 6.07) is 49.3. The molecule has 0 spiro atoms. The average molecular weight is 634 g/mol. The second-order valence-electron chi connectivity index (χ2n) is 13.3. The third-order valence-corrected chi connectivity index (χ3v) is 11.3. The molecule has 7 aromatic rings. The van der Waals surface area contributed by atoms with Gasteiger partial charge in [-0.1, -0.05) is 135 Å². The average Bonchev–Trinajstić information content (AvgIpc) is 3.45. The molecule has 1 heterocycles. The number of fused-ring (bicyclic) bond motifs is 7. The molecule has 0 aliphatic heterocycles. The minimum atomic E-state index is -0.121. The number of anilines is 3. The van der Waals surface area contributed by atoms with Crippen LogP contribution in [0.3, 0.4) is 0 Å². The van der Waals surface area contributed by atoms with Crippen molar-refractivity contribution in [1.82, 2.24) is 0 Å². The Labute approximate surface area is 286 Å². The first-order valence-corrected chi connectivity index (χ1v) is 17.6. The van der Waals surface area contributed by atoms with Crippen LogP contribution in [0.1, 0.15) is 37.0 Å². The van der Waals surface area contributed by atoms with Gasteiger partial charge in [-0.25, -0.2) is 0 Å². The summed E-state index contributed by atoms with van der Waals surface area (Å²) >= 11 is 1.93. The van der Waals surface area contributed by atoms with Gasteiger partial charge < -0.3 is 4.90 Å². The molecule has 2 heteroatoms. The van der Waals surface area contributed by atoms with Crippen LogP contribution in [0.4, 0.5) is 17.1 Å². The zero-order chi connectivity index (χ0) is 32.2. The van der Waals surface area contributed by atoms with Gasteiger partial charge in [0.1, 0.15) is 0 Å². The Hall–Kier alpha value is -5.44. The lowest BCUT2D eigenvalue weighted by Gasteiger charge is -2.28. The maximum atomic E-state index is 2.44. The third-order valence-electron chi connectivity index (χ3n) is 10.1. The molecular formula is C46H35NS. The molecule has 9 rings (SSSR count). The van der Waals surface area contributed by atoms with Gasteiger partial charge in [-0.3, -0.25) is 0 Å². The molecule has 0 saturated carbocycles. The fourth-order valence-electron chi connectivity index (χ4n) is 7.58. The maximum Gasteiger partial charge on any atom is 0.0465 e. The van der Waals surface area contributed by atoms with Crippen molar-refractivity contribution < 1.29 is 0 Å². The molecule has 48 heavy (non-hydrogen) atoms. The first-order chi connectivity index (χ1) is 23.6. The van der Waals surface area contributed by atoms with Gasteiger partial charge in [0.25, 0.3) is 0 Å². The Morgan fingerprint density at radius 2 is 1.27 bits per heavy atom. The van der Waals surface area contributed by atoms with Crippen molar-refractivity contribution in [1.29, 1.82) is 0 Å². The van der Waals surface area contributed by atoms with E-state index in [1.54, 1.807) is 0 Å². The zero-order valence-electron chi connectivity index (χ0n) is 27.2.